The number of nitrogens with one attached hydrogen (secondary N) is 2. The van der Waals surface area contributed by atoms with Gasteiger partial charge in [-0.25, -0.2) is 4.99 Å². The van der Waals surface area contributed by atoms with Crippen LogP contribution in [0.3, 0.4) is 0 Å². The van der Waals surface area contributed by atoms with Crippen LogP contribution in [0, 0.1) is 11.3 Å². The molecule has 0 heterocycles. The molecule has 0 aliphatic rings. The van der Waals surface area contributed by atoms with E-state index in [-0.39, 0.29) is 0 Å². The van der Waals surface area contributed by atoms with Gasteiger partial charge >= 0.3 is 0 Å². The second-order valence-electron chi connectivity index (χ2n) is 5.45. The molecule has 0 saturated carbocycles. The van der Waals surface area contributed by atoms with Crippen LogP contribution in [-0.2, 0) is 6.54 Å². The lowest BCUT2D eigenvalue weighted by Crippen LogP contribution is -2.38. The third-order valence-electron chi connectivity index (χ3n) is 3.47. The summed E-state index contributed by atoms with van der Waals surface area (Å²) < 4.78 is 5.67. The van der Waals surface area contributed by atoms with E-state index >= 15 is 0 Å². The van der Waals surface area contributed by atoms with Crippen LogP contribution in [0.2, 0.25) is 0 Å². The van der Waals surface area contributed by atoms with Crippen molar-refractivity contribution in [2.45, 2.75) is 19.9 Å². The van der Waals surface area contributed by atoms with E-state index in [9.17, 15) is 0 Å². The van der Waals surface area contributed by atoms with Crippen LogP contribution in [-0.4, -0.2) is 25.7 Å². The molecule has 2 rings (SSSR count). The predicted molar refractivity (Wildman–Crippen MR) is 101 cm³/mol. The summed E-state index contributed by atoms with van der Waals surface area (Å²) in [6, 6.07) is 19.4. The normalized spacial score (nSPS) is 10.8. The van der Waals surface area contributed by atoms with Gasteiger partial charge in [0.25, 0.3) is 0 Å². The van der Waals surface area contributed by atoms with Crippen molar-refractivity contribution in [2.75, 3.05) is 19.7 Å². The first kappa shape index (κ1) is 18.3. The number of guanidine groups is 1. The molecule has 0 fully saturated rings. The first-order valence-electron chi connectivity index (χ1n) is 8.51. The van der Waals surface area contributed by atoms with Crippen LogP contribution in [0.5, 0.6) is 5.75 Å². The van der Waals surface area contributed by atoms with Gasteiger partial charge in [-0.2, -0.15) is 5.26 Å². The monoisotopic (exact) mass is 336 g/mol. The van der Waals surface area contributed by atoms with E-state index in [0.29, 0.717) is 18.7 Å². The molecular weight excluding hydrogens is 312 g/mol. The minimum atomic E-state index is 0.571. The number of hydrogen-bond donors (Lipinski definition) is 2. The van der Waals surface area contributed by atoms with Crippen LogP contribution in [0.15, 0.2) is 59.6 Å². The van der Waals surface area contributed by atoms with Gasteiger partial charge in [0.2, 0.25) is 0 Å². The molecular formula is C20H24N4O. The Morgan fingerprint density at radius 1 is 1.08 bits per heavy atom. The Morgan fingerprint density at radius 3 is 2.52 bits per heavy atom. The smallest absolute Gasteiger partial charge is 0.191 e. The molecule has 5 heteroatoms. The highest BCUT2D eigenvalue weighted by atomic mass is 16.5. The van der Waals surface area contributed by atoms with Crippen molar-refractivity contribution in [3.63, 3.8) is 0 Å². The average molecular weight is 336 g/mol. The molecule has 0 aromatic heterocycles. The van der Waals surface area contributed by atoms with E-state index in [1.807, 2.05) is 61.5 Å². The molecule has 0 saturated heterocycles. The Hall–Kier alpha value is -3.00. The molecule has 130 valence electrons. The van der Waals surface area contributed by atoms with Gasteiger partial charge in [-0.3, -0.25) is 0 Å². The van der Waals surface area contributed by atoms with Crippen molar-refractivity contribution in [3.8, 4) is 11.8 Å². The Bertz CT molecular complexity index is 690. The Morgan fingerprint density at radius 2 is 1.84 bits per heavy atom. The van der Waals surface area contributed by atoms with E-state index in [4.69, 9.17) is 10.00 Å². The maximum Gasteiger partial charge on any atom is 0.191 e. The van der Waals surface area contributed by atoms with Gasteiger partial charge in [-0.1, -0.05) is 30.3 Å². The zero-order valence-electron chi connectivity index (χ0n) is 14.5. The van der Waals surface area contributed by atoms with Crippen molar-refractivity contribution in [1.29, 1.82) is 5.26 Å². The maximum atomic E-state index is 8.82. The van der Waals surface area contributed by atoms with Gasteiger partial charge in [-0.15, -0.1) is 0 Å². The first-order chi connectivity index (χ1) is 12.3. The molecule has 0 radical (unpaired) electrons. The molecule has 0 aliphatic carbocycles. The summed E-state index contributed by atoms with van der Waals surface area (Å²) >= 11 is 0. The fraction of sp³-hybridized carbons (Fsp3) is 0.300. The Balaban J connectivity index is 1.74. The highest BCUT2D eigenvalue weighted by molar-refractivity contribution is 5.79. The van der Waals surface area contributed by atoms with Gasteiger partial charge in [0.15, 0.2) is 5.96 Å². The number of aliphatic imine (C=N–C) groups is 1. The van der Waals surface area contributed by atoms with Crippen molar-refractivity contribution >= 4 is 5.96 Å². The van der Waals surface area contributed by atoms with Gasteiger partial charge in [-0.05, 0) is 43.2 Å². The van der Waals surface area contributed by atoms with Gasteiger partial charge in [0, 0.05) is 13.1 Å². The van der Waals surface area contributed by atoms with Crippen LogP contribution in [0.1, 0.15) is 24.5 Å². The number of benzene rings is 2. The lowest BCUT2D eigenvalue weighted by Gasteiger charge is -2.12. The van der Waals surface area contributed by atoms with E-state index in [1.165, 1.54) is 0 Å². The largest absolute Gasteiger partial charge is 0.494 e. The zero-order chi connectivity index (χ0) is 17.7. The van der Waals surface area contributed by atoms with Crippen molar-refractivity contribution < 1.29 is 4.74 Å². The number of nitriles is 1. The quantitative estimate of drug-likeness (QED) is 0.441. The van der Waals surface area contributed by atoms with Crippen molar-refractivity contribution in [3.05, 3.63) is 65.7 Å². The second-order valence-corrected chi connectivity index (χ2v) is 5.45. The summed E-state index contributed by atoms with van der Waals surface area (Å²) in [7, 11) is 0. The molecule has 5 nitrogen and oxygen atoms in total. The van der Waals surface area contributed by atoms with Crippen LogP contribution in [0.25, 0.3) is 0 Å². The molecule has 25 heavy (non-hydrogen) atoms. The summed E-state index contributed by atoms with van der Waals surface area (Å²) in [5.41, 5.74) is 1.74. The summed E-state index contributed by atoms with van der Waals surface area (Å²) in [6.45, 7) is 4.86. The third-order valence-corrected chi connectivity index (χ3v) is 3.47. The molecule has 0 atom stereocenters. The molecule has 0 unspecified atom stereocenters. The molecule has 2 aromatic rings. The lowest BCUT2D eigenvalue weighted by atomic mass is 10.1. The number of rotatable bonds is 8. The maximum absolute atomic E-state index is 8.82. The standard InChI is InChI=1S/C20H24N4O/c1-2-22-20(24-16-18-11-9-17(15-21)10-12-18)23-13-6-14-25-19-7-4-3-5-8-19/h3-5,7-12H,2,6,13-14,16H2,1H3,(H2,22,23,24). The summed E-state index contributed by atoms with van der Waals surface area (Å²) in [5, 5.41) is 15.4. The molecule has 2 N–H and O–H groups in total. The van der Waals surface area contributed by atoms with Gasteiger partial charge in [0.1, 0.15) is 5.75 Å². The fourth-order valence-electron chi connectivity index (χ4n) is 2.18. The molecule has 0 spiro atoms. The van der Waals surface area contributed by atoms with Gasteiger partial charge in [0.05, 0.1) is 24.8 Å². The average Bonchev–Trinajstić information content (AvgIpc) is 2.67. The fourth-order valence-corrected chi connectivity index (χ4v) is 2.18. The van der Waals surface area contributed by atoms with E-state index in [1.54, 1.807) is 0 Å². The van der Waals surface area contributed by atoms with E-state index < -0.39 is 0 Å². The molecule has 0 bridgehead atoms. The predicted octanol–water partition coefficient (Wildman–Crippen LogP) is 3.08. The van der Waals surface area contributed by atoms with Crippen LogP contribution < -0.4 is 15.4 Å². The Labute approximate surface area is 149 Å². The molecule has 2 aromatic carbocycles. The second kappa shape index (κ2) is 10.7. The summed E-state index contributed by atoms with van der Waals surface area (Å²) in [5.74, 6) is 1.68. The molecule has 0 aliphatic heterocycles. The SMILES string of the molecule is CCNC(=NCc1ccc(C#N)cc1)NCCCOc1ccccc1. The number of hydrogen-bond acceptors (Lipinski definition) is 3. The number of nitrogens with zero attached hydrogens (tertiary/aromatic N) is 2. The van der Waals surface area contributed by atoms with Gasteiger partial charge < -0.3 is 15.4 Å². The summed E-state index contributed by atoms with van der Waals surface area (Å²) in [4.78, 5) is 4.57. The van der Waals surface area contributed by atoms with Crippen molar-refractivity contribution in [1.82, 2.24) is 10.6 Å². The molecule has 0 amide bonds. The lowest BCUT2D eigenvalue weighted by molar-refractivity contribution is 0.311. The minimum absolute atomic E-state index is 0.571. The summed E-state index contributed by atoms with van der Waals surface area (Å²) in [6.07, 6.45) is 0.885. The Kier molecular flexibility index (Phi) is 7.86. The minimum Gasteiger partial charge on any atom is -0.494 e. The first-order valence-corrected chi connectivity index (χ1v) is 8.51. The highest BCUT2D eigenvalue weighted by Crippen LogP contribution is 2.08. The number of para-hydroxylation sites is 1. The third kappa shape index (κ3) is 6.96. The number of ether oxygens (including phenoxy) is 1. The van der Waals surface area contributed by atoms with E-state index in [0.717, 1.165) is 36.8 Å². The van der Waals surface area contributed by atoms with Crippen molar-refractivity contribution in [2.24, 2.45) is 4.99 Å². The van der Waals surface area contributed by atoms with Crippen LogP contribution >= 0.6 is 0 Å². The zero-order valence-corrected chi connectivity index (χ0v) is 14.5. The van der Waals surface area contributed by atoms with E-state index in [2.05, 4.69) is 21.7 Å². The van der Waals surface area contributed by atoms with Crippen LogP contribution in [0.4, 0.5) is 0 Å². The topological polar surface area (TPSA) is 69.4 Å². The highest BCUT2D eigenvalue weighted by Gasteiger charge is 1.99.